The molecule has 0 aliphatic heterocycles. The van der Waals surface area contributed by atoms with Gasteiger partial charge in [-0.2, -0.15) is 4.98 Å². The van der Waals surface area contributed by atoms with Gasteiger partial charge in [0.1, 0.15) is 11.5 Å². The Morgan fingerprint density at radius 1 is 1.33 bits per heavy atom. The largest absolute Gasteiger partial charge is 0.369 e. The van der Waals surface area contributed by atoms with Crippen molar-refractivity contribution in [1.29, 1.82) is 0 Å². The van der Waals surface area contributed by atoms with Gasteiger partial charge in [-0.15, -0.1) is 0 Å². The molecule has 0 amide bonds. The fraction of sp³-hybridized carbons (Fsp3) is 0.0714. The molecule has 1 aromatic carbocycles. The molecule has 3 aromatic rings. The Balaban J connectivity index is 1.86. The van der Waals surface area contributed by atoms with Crippen molar-refractivity contribution in [2.75, 3.05) is 5.73 Å². The van der Waals surface area contributed by atoms with Crippen LogP contribution in [-0.4, -0.2) is 21.2 Å². The van der Waals surface area contributed by atoms with Crippen LogP contribution in [0, 0.1) is 5.82 Å². The van der Waals surface area contributed by atoms with E-state index in [-0.39, 0.29) is 17.3 Å². The van der Waals surface area contributed by atoms with Crippen LogP contribution >= 0.6 is 0 Å². The normalized spacial score (nSPS) is 11.5. The number of rotatable bonds is 3. The van der Waals surface area contributed by atoms with Crippen molar-refractivity contribution in [3.05, 3.63) is 57.8 Å². The Labute approximate surface area is 118 Å². The van der Waals surface area contributed by atoms with Gasteiger partial charge in [-0.25, -0.2) is 4.39 Å². The minimum Gasteiger partial charge on any atom is -0.369 e. The number of hydrogen-bond acceptors (Lipinski definition) is 4. The molecule has 7 heteroatoms. The molecule has 0 saturated heterocycles. The molecular weight excluding hydrogens is 273 g/mol. The van der Waals surface area contributed by atoms with Crippen LogP contribution in [0.4, 0.5) is 10.3 Å². The number of benzene rings is 1. The molecule has 0 radical (unpaired) electrons. The summed E-state index contributed by atoms with van der Waals surface area (Å²) < 4.78 is 12.8. The summed E-state index contributed by atoms with van der Waals surface area (Å²) >= 11 is 0. The van der Waals surface area contributed by atoms with Crippen molar-refractivity contribution in [1.82, 2.24) is 15.0 Å². The predicted molar refractivity (Wildman–Crippen MR) is 78.8 cm³/mol. The highest BCUT2D eigenvalue weighted by molar-refractivity contribution is 5.97. The van der Waals surface area contributed by atoms with Crippen LogP contribution in [0.15, 0.2) is 40.2 Å². The van der Waals surface area contributed by atoms with Gasteiger partial charge in [0.05, 0.1) is 11.9 Å². The van der Waals surface area contributed by atoms with Gasteiger partial charge in [-0.1, -0.05) is 12.1 Å². The van der Waals surface area contributed by atoms with Gasteiger partial charge in [-0.05, 0) is 17.7 Å². The maximum Gasteiger partial charge on any atom is 0.262 e. The van der Waals surface area contributed by atoms with Crippen LogP contribution in [0.25, 0.3) is 11.0 Å². The van der Waals surface area contributed by atoms with Gasteiger partial charge < -0.3 is 10.7 Å². The average Bonchev–Trinajstić information content (AvgIpc) is 2.84. The number of aliphatic imine (C=N–C) groups is 1. The lowest BCUT2D eigenvalue weighted by molar-refractivity contribution is 0.627. The highest BCUT2D eigenvalue weighted by atomic mass is 19.1. The van der Waals surface area contributed by atoms with Gasteiger partial charge in [0.2, 0.25) is 5.95 Å². The fourth-order valence-electron chi connectivity index (χ4n) is 2.02. The maximum absolute atomic E-state index is 12.8. The third-order valence-corrected chi connectivity index (χ3v) is 3.01. The van der Waals surface area contributed by atoms with Crippen LogP contribution in [0.1, 0.15) is 11.1 Å². The van der Waals surface area contributed by atoms with Crippen molar-refractivity contribution >= 4 is 23.2 Å². The lowest BCUT2D eigenvalue weighted by atomic mass is 10.2. The molecule has 2 heterocycles. The molecule has 0 aliphatic carbocycles. The number of H-pyrrole nitrogens is 2. The van der Waals surface area contributed by atoms with E-state index in [1.54, 1.807) is 24.5 Å². The highest BCUT2D eigenvalue weighted by Gasteiger charge is 2.08. The molecule has 0 unspecified atom stereocenters. The zero-order chi connectivity index (χ0) is 14.8. The number of hydrogen-bond donors (Lipinski definition) is 3. The van der Waals surface area contributed by atoms with E-state index < -0.39 is 0 Å². The van der Waals surface area contributed by atoms with Crippen molar-refractivity contribution in [2.24, 2.45) is 4.99 Å². The zero-order valence-electron chi connectivity index (χ0n) is 10.9. The molecule has 6 nitrogen and oxygen atoms in total. The molecule has 4 N–H and O–H groups in total. The maximum atomic E-state index is 12.8. The van der Waals surface area contributed by atoms with Crippen molar-refractivity contribution < 1.29 is 4.39 Å². The third kappa shape index (κ3) is 2.66. The van der Waals surface area contributed by atoms with Crippen LogP contribution in [0.3, 0.4) is 0 Å². The molecule has 0 spiro atoms. The summed E-state index contributed by atoms with van der Waals surface area (Å²) in [4.78, 5) is 25.4. The highest BCUT2D eigenvalue weighted by Crippen LogP contribution is 2.11. The molecule has 0 saturated carbocycles. The first-order chi connectivity index (χ1) is 10.1. The first-order valence-electron chi connectivity index (χ1n) is 6.24. The van der Waals surface area contributed by atoms with Crippen molar-refractivity contribution in [2.45, 2.75) is 6.54 Å². The smallest absolute Gasteiger partial charge is 0.262 e. The molecule has 21 heavy (non-hydrogen) atoms. The van der Waals surface area contributed by atoms with E-state index in [2.05, 4.69) is 19.9 Å². The Kier molecular flexibility index (Phi) is 3.23. The monoisotopic (exact) mass is 285 g/mol. The predicted octanol–water partition coefficient (Wildman–Crippen LogP) is 1.59. The Bertz CT molecular complexity index is 863. The van der Waals surface area contributed by atoms with Crippen LogP contribution < -0.4 is 11.3 Å². The number of nitrogens with two attached hydrogens (primary N) is 1. The van der Waals surface area contributed by atoms with E-state index in [9.17, 15) is 9.18 Å². The molecule has 0 fully saturated rings. The number of nitrogen functional groups attached to an aromatic ring is 1. The lowest BCUT2D eigenvalue weighted by Crippen LogP contribution is -2.11. The van der Waals surface area contributed by atoms with E-state index in [1.807, 2.05) is 0 Å². The molecule has 2 aromatic heterocycles. The number of aromatic nitrogens is 3. The standard InChI is InChI=1S/C14H12FN5O/c15-10-3-1-8(2-4-10)5-17-6-9-7-18-12-11(9)13(21)20-14(16)19-12/h1-4,6-7H,5H2,(H4,16,18,19,20,21). The number of halogens is 1. The Morgan fingerprint density at radius 2 is 2.10 bits per heavy atom. The summed E-state index contributed by atoms with van der Waals surface area (Å²) in [7, 11) is 0. The van der Waals surface area contributed by atoms with Gasteiger partial charge >= 0.3 is 0 Å². The first-order valence-corrected chi connectivity index (χ1v) is 6.24. The van der Waals surface area contributed by atoms with Gasteiger partial charge in [0.15, 0.2) is 0 Å². The first kappa shape index (κ1) is 13.0. The fourth-order valence-corrected chi connectivity index (χ4v) is 2.02. The summed E-state index contributed by atoms with van der Waals surface area (Å²) in [6.07, 6.45) is 3.22. The van der Waals surface area contributed by atoms with Gasteiger partial charge in [0.25, 0.3) is 5.56 Å². The zero-order valence-corrected chi connectivity index (χ0v) is 10.9. The summed E-state index contributed by atoms with van der Waals surface area (Å²) in [6.45, 7) is 0.396. The molecular formula is C14H12FN5O. The lowest BCUT2D eigenvalue weighted by Gasteiger charge is -1.96. The number of nitrogens with zero attached hydrogens (tertiary/aromatic N) is 2. The molecule has 0 aliphatic rings. The minimum atomic E-state index is -0.318. The SMILES string of the molecule is Nc1nc2[nH]cc(C=NCc3ccc(F)cc3)c2c(=O)[nH]1. The Hall–Kier alpha value is -2.96. The summed E-state index contributed by atoms with van der Waals surface area (Å²) in [6, 6.07) is 6.09. The molecule has 106 valence electrons. The van der Waals surface area contributed by atoms with E-state index in [0.29, 0.717) is 23.1 Å². The summed E-state index contributed by atoms with van der Waals surface area (Å²) in [5.74, 6) is -0.223. The second-order valence-corrected chi connectivity index (χ2v) is 4.52. The topological polar surface area (TPSA) is 99.9 Å². The van der Waals surface area contributed by atoms with E-state index in [1.165, 1.54) is 12.1 Å². The number of aromatic amines is 2. The number of nitrogens with one attached hydrogen (secondary N) is 2. The van der Waals surface area contributed by atoms with Crippen LogP contribution in [0.2, 0.25) is 0 Å². The van der Waals surface area contributed by atoms with Crippen LogP contribution in [0.5, 0.6) is 0 Å². The minimum absolute atomic E-state index is 0.0594. The van der Waals surface area contributed by atoms with Crippen molar-refractivity contribution in [3.63, 3.8) is 0 Å². The van der Waals surface area contributed by atoms with Gasteiger partial charge in [-0.3, -0.25) is 14.8 Å². The molecule has 0 atom stereocenters. The van der Waals surface area contributed by atoms with Crippen molar-refractivity contribution in [3.8, 4) is 0 Å². The third-order valence-electron chi connectivity index (χ3n) is 3.01. The summed E-state index contributed by atoms with van der Waals surface area (Å²) in [5.41, 5.74) is 7.07. The van der Waals surface area contributed by atoms with E-state index in [4.69, 9.17) is 5.73 Å². The average molecular weight is 285 g/mol. The van der Waals surface area contributed by atoms with Crippen LogP contribution in [-0.2, 0) is 6.54 Å². The quantitative estimate of drug-likeness (QED) is 0.637. The molecule has 3 rings (SSSR count). The second-order valence-electron chi connectivity index (χ2n) is 4.52. The summed E-state index contributed by atoms with van der Waals surface area (Å²) in [5, 5.41) is 0.409. The number of fused-ring (bicyclic) bond motifs is 1. The Morgan fingerprint density at radius 3 is 2.86 bits per heavy atom. The van der Waals surface area contributed by atoms with Gasteiger partial charge in [0, 0.05) is 18.0 Å². The van der Waals surface area contributed by atoms with E-state index in [0.717, 1.165) is 5.56 Å². The number of anilines is 1. The van der Waals surface area contributed by atoms with E-state index >= 15 is 0 Å². The molecule has 0 bridgehead atoms. The second kappa shape index (κ2) is 5.20.